The maximum Gasteiger partial charge on any atom is 0.410 e. The van der Waals surface area contributed by atoms with Crippen molar-refractivity contribution in [2.75, 3.05) is 13.1 Å². The number of aldehydes is 1. The van der Waals surface area contributed by atoms with E-state index < -0.39 is 6.09 Å². The fourth-order valence-corrected chi connectivity index (χ4v) is 1.43. The van der Waals surface area contributed by atoms with Crippen LogP contribution < -0.4 is 0 Å². The summed E-state index contributed by atoms with van der Waals surface area (Å²) in [7, 11) is 0. The van der Waals surface area contributed by atoms with Crippen molar-refractivity contribution in [1.29, 1.82) is 0 Å². The molecule has 1 rings (SSSR count). The lowest BCUT2D eigenvalue weighted by molar-refractivity contribution is -0.108. The highest BCUT2D eigenvalue weighted by molar-refractivity contribution is 5.71. The lowest BCUT2D eigenvalue weighted by Gasteiger charge is -2.18. The SMILES string of the molecule is CCCN(CC=O)C(=O)OCc1ccccc1. The van der Waals surface area contributed by atoms with E-state index >= 15 is 0 Å². The largest absolute Gasteiger partial charge is 0.445 e. The predicted molar refractivity (Wildman–Crippen MR) is 64.6 cm³/mol. The van der Waals surface area contributed by atoms with Crippen molar-refractivity contribution in [1.82, 2.24) is 4.90 Å². The summed E-state index contributed by atoms with van der Waals surface area (Å²) in [5.41, 5.74) is 0.934. The third-order valence-corrected chi connectivity index (χ3v) is 2.25. The summed E-state index contributed by atoms with van der Waals surface area (Å²) < 4.78 is 5.12. The minimum atomic E-state index is -0.442. The molecule has 0 saturated heterocycles. The Labute approximate surface area is 101 Å². The number of hydrogen-bond donors (Lipinski definition) is 0. The first kappa shape index (κ1) is 13.2. The average Bonchev–Trinajstić information content (AvgIpc) is 2.37. The van der Waals surface area contributed by atoms with Gasteiger partial charge in [0.2, 0.25) is 0 Å². The summed E-state index contributed by atoms with van der Waals surface area (Å²) in [5.74, 6) is 0. The Kier molecular flexibility index (Phi) is 5.79. The van der Waals surface area contributed by atoms with Crippen LogP contribution in [0.3, 0.4) is 0 Å². The number of carbonyl (C=O) groups is 2. The van der Waals surface area contributed by atoms with Gasteiger partial charge in [-0.05, 0) is 12.0 Å². The number of nitrogens with zero attached hydrogens (tertiary/aromatic N) is 1. The molecule has 17 heavy (non-hydrogen) atoms. The van der Waals surface area contributed by atoms with Crippen LogP contribution in [0.2, 0.25) is 0 Å². The van der Waals surface area contributed by atoms with Crippen molar-refractivity contribution in [3.8, 4) is 0 Å². The molecule has 0 radical (unpaired) electrons. The van der Waals surface area contributed by atoms with Gasteiger partial charge in [0.1, 0.15) is 12.9 Å². The molecule has 0 aliphatic heterocycles. The molecule has 0 spiro atoms. The number of benzene rings is 1. The van der Waals surface area contributed by atoms with E-state index in [0.717, 1.165) is 12.0 Å². The van der Waals surface area contributed by atoms with E-state index in [2.05, 4.69) is 0 Å². The van der Waals surface area contributed by atoms with Gasteiger partial charge in [0.15, 0.2) is 0 Å². The van der Waals surface area contributed by atoms with Crippen molar-refractivity contribution >= 4 is 12.4 Å². The van der Waals surface area contributed by atoms with Gasteiger partial charge in [0.05, 0.1) is 6.54 Å². The van der Waals surface area contributed by atoms with Crippen molar-refractivity contribution in [3.05, 3.63) is 35.9 Å². The van der Waals surface area contributed by atoms with Gasteiger partial charge in [-0.25, -0.2) is 4.79 Å². The van der Waals surface area contributed by atoms with E-state index in [0.29, 0.717) is 12.8 Å². The zero-order valence-corrected chi connectivity index (χ0v) is 9.96. The molecule has 0 aliphatic rings. The second-order valence-corrected chi connectivity index (χ2v) is 3.65. The van der Waals surface area contributed by atoms with E-state index in [4.69, 9.17) is 4.74 Å². The lowest BCUT2D eigenvalue weighted by atomic mass is 10.2. The topological polar surface area (TPSA) is 46.6 Å². The van der Waals surface area contributed by atoms with Gasteiger partial charge in [-0.1, -0.05) is 37.3 Å². The minimum Gasteiger partial charge on any atom is -0.445 e. The molecule has 1 amide bonds. The first-order chi connectivity index (χ1) is 8.27. The molecular weight excluding hydrogens is 218 g/mol. The molecule has 0 aliphatic carbocycles. The maximum absolute atomic E-state index is 11.6. The molecule has 0 N–H and O–H groups in total. The molecule has 1 aromatic rings. The van der Waals surface area contributed by atoms with Crippen LogP contribution in [0, 0.1) is 0 Å². The zero-order valence-electron chi connectivity index (χ0n) is 9.96. The second-order valence-electron chi connectivity index (χ2n) is 3.65. The first-order valence-electron chi connectivity index (χ1n) is 5.67. The van der Waals surface area contributed by atoms with Crippen LogP contribution in [0.4, 0.5) is 4.79 Å². The number of rotatable bonds is 6. The summed E-state index contributed by atoms with van der Waals surface area (Å²) in [4.78, 5) is 23.5. The number of carbonyl (C=O) groups excluding carboxylic acids is 2. The molecule has 92 valence electrons. The normalized spacial score (nSPS) is 9.71. The molecule has 0 bridgehead atoms. The minimum absolute atomic E-state index is 0.0848. The van der Waals surface area contributed by atoms with Crippen molar-refractivity contribution in [2.24, 2.45) is 0 Å². The van der Waals surface area contributed by atoms with Crippen molar-refractivity contribution in [2.45, 2.75) is 20.0 Å². The Bertz CT molecular complexity index is 351. The first-order valence-corrected chi connectivity index (χ1v) is 5.67. The predicted octanol–water partition coefficient (Wildman–Crippen LogP) is 2.23. The van der Waals surface area contributed by atoms with Crippen LogP contribution in [0.25, 0.3) is 0 Å². The lowest BCUT2D eigenvalue weighted by Crippen LogP contribution is -2.33. The van der Waals surface area contributed by atoms with Crippen molar-refractivity contribution in [3.63, 3.8) is 0 Å². The van der Waals surface area contributed by atoms with Gasteiger partial charge >= 0.3 is 6.09 Å². The molecule has 0 fully saturated rings. The Morgan fingerprint density at radius 3 is 2.65 bits per heavy atom. The number of amides is 1. The van der Waals surface area contributed by atoms with Crippen LogP contribution in [0.1, 0.15) is 18.9 Å². The van der Waals surface area contributed by atoms with Crippen LogP contribution in [0.15, 0.2) is 30.3 Å². The van der Waals surface area contributed by atoms with Gasteiger partial charge in [-0.3, -0.25) is 0 Å². The fraction of sp³-hybridized carbons (Fsp3) is 0.385. The summed E-state index contributed by atoms with van der Waals surface area (Å²) in [6.07, 6.45) is 1.07. The van der Waals surface area contributed by atoms with E-state index in [-0.39, 0.29) is 13.2 Å². The summed E-state index contributed by atoms with van der Waals surface area (Å²) in [5, 5.41) is 0. The molecule has 0 heterocycles. The molecule has 0 aromatic heterocycles. The number of hydrogen-bond acceptors (Lipinski definition) is 3. The molecule has 0 unspecified atom stereocenters. The van der Waals surface area contributed by atoms with Gasteiger partial charge in [0.25, 0.3) is 0 Å². The Morgan fingerprint density at radius 2 is 2.06 bits per heavy atom. The molecular formula is C13H17NO3. The zero-order chi connectivity index (χ0) is 12.5. The van der Waals surface area contributed by atoms with Crippen LogP contribution >= 0.6 is 0 Å². The van der Waals surface area contributed by atoms with Crippen LogP contribution in [-0.2, 0) is 16.1 Å². The Hall–Kier alpha value is -1.84. The average molecular weight is 235 g/mol. The molecule has 0 atom stereocenters. The van der Waals surface area contributed by atoms with Crippen LogP contribution in [0.5, 0.6) is 0 Å². The summed E-state index contributed by atoms with van der Waals surface area (Å²) >= 11 is 0. The van der Waals surface area contributed by atoms with E-state index in [1.807, 2.05) is 37.3 Å². The summed E-state index contributed by atoms with van der Waals surface area (Å²) in [6, 6.07) is 9.45. The highest BCUT2D eigenvalue weighted by atomic mass is 16.6. The highest BCUT2D eigenvalue weighted by Gasteiger charge is 2.13. The van der Waals surface area contributed by atoms with E-state index in [1.54, 1.807) is 0 Å². The quantitative estimate of drug-likeness (QED) is 0.710. The number of ether oxygens (including phenoxy) is 1. The smallest absolute Gasteiger partial charge is 0.410 e. The third-order valence-electron chi connectivity index (χ3n) is 2.25. The Balaban J connectivity index is 2.44. The molecule has 1 aromatic carbocycles. The van der Waals surface area contributed by atoms with Gasteiger partial charge in [0, 0.05) is 6.54 Å². The molecule has 4 nitrogen and oxygen atoms in total. The molecule has 0 saturated carbocycles. The summed E-state index contributed by atoms with van der Waals surface area (Å²) in [6.45, 7) is 2.80. The molecule has 4 heteroatoms. The van der Waals surface area contributed by atoms with E-state index in [9.17, 15) is 9.59 Å². The third kappa shape index (κ3) is 4.68. The van der Waals surface area contributed by atoms with Gasteiger partial charge in [-0.15, -0.1) is 0 Å². The van der Waals surface area contributed by atoms with Gasteiger partial charge in [-0.2, -0.15) is 0 Å². The van der Waals surface area contributed by atoms with Crippen LogP contribution in [-0.4, -0.2) is 30.4 Å². The monoisotopic (exact) mass is 235 g/mol. The van der Waals surface area contributed by atoms with Crippen molar-refractivity contribution < 1.29 is 14.3 Å². The standard InChI is InChI=1S/C13H17NO3/c1-2-8-14(9-10-15)13(16)17-11-12-6-4-3-5-7-12/h3-7,10H,2,8-9,11H2,1H3. The van der Waals surface area contributed by atoms with Gasteiger partial charge < -0.3 is 14.4 Å². The Morgan fingerprint density at radius 1 is 1.35 bits per heavy atom. The second kappa shape index (κ2) is 7.44. The maximum atomic E-state index is 11.6. The fourth-order valence-electron chi connectivity index (χ4n) is 1.43. The highest BCUT2D eigenvalue weighted by Crippen LogP contribution is 2.03. The van der Waals surface area contributed by atoms with E-state index in [1.165, 1.54) is 4.90 Å².